The summed E-state index contributed by atoms with van der Waals surface area (Å²) < 4.78 is 11.1. The van der Waals surface area contributed by atoms with E-state index in [4.69, 9.17) is 32.7 Å². The number of rotatable bonds is 4. The van der Waals surface area contributed by atoms with Crippen molar-refractivity contribution in [3.8, 4) is 11.5 Å². The van der Waals surface area contributed by atoms with Crippen LogP contribution in [0.15, 0.2) is 72.8 Å². The smallest absolute Gasteiger partial charge is 0.174 e. The van der Waals surface area contributed by atoms with Gasteiger partial charge >= 0.3 is 0 Å². The van der Waals surface area contributed by atoms with Crippen molar-refractivity contribution in [2.24, 2.45) is 5.92 Å². The molecule has 1 fully saturated rings. The monoisotopic (exact) mass is 424 g/mol. The Bertz CT molecular complexity index is 1040. The van der Waals surface area contributed by atoms with Crippen molar-refractivity contribution < 1.29 is 9.47 Å². The van der Waals surface area contributed by atoms with Gasteiger partial charge in [-0.15, -0.1) is 0 Å². The van der Waals surface area contributed by atoms with Gasteiger partial charge in [0.05, 0.1) is 12.5 Å². The number of fused-ring (bicyclic) bond motifs is 2. The van der Waals surface area contributed by atoms with E-state index in [2.05, 4.69) is 37.3 Å². The molecule has 1 saturated carbocycles. The largest absolute Gasteiger partial charge is 0.494 e. The van der Waals surface area contributed by atoms with Crippen molar-refractivity contribution in [3.63, 3.8) is 0 Å². The molecule has 0 spiro atoms. The first-order valence-corrected chi connectivity index (χ1v) is 10.7. The highest BCUT2D eigenvalue weighted by atomic mass is 35.5. The highest BCUT2D eigenvalue weighted by Crippen LogP contribution is 2.77. The second-order valence-electron chi connectivity index (χ2n) is 7.82. The summed E-state index contributed by atoms with van der Waals surface area (Å²) in [6, 6.07) is 24.7. The molecule has 3 aromatic carbocycles. The van der Waals surface area contributed by atoms with E-state index in [-0.39, 0.29) is 11.8 Å². The topological polar surface area (TPSA) is 18.5 Å². The molecule has 148 valence electrons. The number of hydrogen-bond acceptors (Lipinski definition) is 2. The lowest BCUT2D eigenvalue weighted by Gasteiger charge is -2.32. The predicted molar refractivity (Wildman–Crippen MR) is 117 cm³/mol. The molecule has 1 heterocycles. The normalized spacial score (nSPS) is 26.1. The Morgan fingerprint density at radius 2 is 1.62 bits per heavy atom. The molecule has 2 nitrogen and oxygen atoms in total. The van der Waals surface area contributed by atoms with Crippen LogP contribution < -0.4 is 9.47 Å². The molecular weight excluding hydrogens is 403 g/mol. The van der Waals surface area contributed by atoms with Gasteiger partial charge in [0, 0.05) is 11.5 Å². The molecule has 0 radical (unpaired) electrons. The number of halogens is 2. The van der Waals surface area contributed by atoms with Crippen LogP contribution in [0.3, 0.4) is 0 Å². The maximum atomic E-state index is 6.98. The highest BCUT2D eigenvalue weighted by molar-refractivity contribution is 6.52. The van der Waals surface area contributed by atoms with E-state index in [1.807, 2.05) is 49.4 Å². The molecular formula is C25H22Cl2O2. The van der Waals surface area contributed by atoms with Crippen LogP contribution >= 0.6 is 23.2 Å². The van der Waals surface area contributed by atoms with Gasteiger partial charge in [-0.3, -0.25) is 0 Å². The van der Waals surface area contributed by atoms with Crippen LogP contribution in [-0.4, -0.2) is 10.9 Å². The Balaban J connectivity index is 1.65. The number of benzene rings is 3. The van der Waals surface area contributed by atoms with Gasteiger partial charge in [0.2, 0.25) is 0 Å². The molecule has 4 heteroatoms. The van der Waals surface area contributed by atoms with Crippen molar-refractivity contribution >= 4 is 23.2 Å². The lowest BCUT2D eigenvalue weighted by Crippen LogP contribution is -2.28. The molecule has 0 N–H and O–H groups in total. The molecule has 0 aromatic heterocycles. The van der Waals surface area contributed by atoms with Gasteiger partial charge in [0.25, 0.3) is 0 Å². The Hall–Kier alpha value is -2.16. The molecule has 29 heavy (non-hydrogen) atoms. The van der Waals surface area contributed by atoms with Gasteiger partial charge < -0.3 is 9.47 Å². The van der Waals surface area contributed by atoms with Crippen LogP contribution in [0, 0.1) is 12.8 Å². The molecule has 3 atom stereocenters. The second kappa shape index (κ2) is 6.68. The first-order valence-electron chi connectivity index (χ1n) is 9.94. The Kier molecular flexibility index (Phi) is 4.34. The van der Waals surface area contributed by atoms with Crippen LogP contribution in [0.1, 0.15) is 35.1 Å². The van der Waals surface area contributed by atoms with Crippen LogP contribution in [0.4, 0.5) is 0 Å². The lowest BCUT2D eigenvalue weighted by atomic mass is 9.82. The Labute approximate surface area is 181 Å². The van der Waals surface area contributed by atoms with E-state index in [1.54, 1.807) is 0 Å². The van der Waals surface area contributed by atoms with Gasteiger partial charge in [-0.1, -0.05) is 83.4 Å². The summed E-state index contributed by atoms with van der Waals surface area (Å²) in [4.78, 5) is 0. The van der Waals surface area contributed by atoms with Crippen LogP contribution in [0.2, 0.25) is 0 Å². The van der Waals surface area contributed by atoms with Crippen LogP contribution in [0.25, 0.3) is 0 Å². The molecule has 0 saturated heterocycles. The van der Waals surface area contributed by atoms with Gasteiger partial charge in [0.15, 0.2) is 9.93 Å². The Morgan fingerprint density at radius 1 is 0.931 bits per heavy atom. The van der Waals surface area contributed by atoms with E-state index in [1.165, 1.54) is 11.1 Å². The lowest BCUT2D eigenvalue weighted by molar-refractivity contribution is 0.137. The molecule has 2 aliphatic rings. The minimum Gasteiger partial charge on any atom is -0.494 e. The zero-order valence-corrected chi connectivity index (χ0v) is 17.9. The van der Waals surface area contributed by atoms with Gasteiger partial charge in [-0.2, -0.15) is 0 Å². The number of ether oxygens (including phenoxy) is 2. The number of aryl methyl sites for hydroxylation is 1. The molecule has 1 aliphatic carbocycles. The fourth-order valence-electron chi connectivity index (χ4n) is 4.71. The Morgan fingerprint density at radius 3 is 2.31 bits per heavy atom. The maximum Gasteiger partial charge on any atom is 0.174 e. The molecule has 0 bridgehead atoms. The third-order valence-electron chi connectivity index (χ3n) is 6.13. The van der Waals surface area contributed by atoms with Crippen LogP contribution in [-0.2, 0) is 5.60 Å². The van der Waals surface area contributed by atoms with Gasteiger partial charge in [0.1, 0.15) is 11.5 Å². The van der Waals surface area contributed by atoms with Gasteiger partial charge in [-0.05, 0) is 43.2 Å². The minimum absolute atomic E-state index is 0.0575. The van der Waals surface area contributed by atoms with Crippen molar-refractivity contribution in [2.75, 3.05) is 6.61 Å². The molecule has 0 amide bonds. The van der Waals surface area contributed by atoms with E-state index in [0.717, 1.165) is 22.6 Å². The number of hydrogen-bond donors (Lipinski definition) is 0. The maximum absolute atomic E-state index is 6.98. The predicted octanol–water partition coefficient (Wildman–Crippen LogP) is 6.62. The summed E-state index contributed by atoms with van der Waals surface area (Å²) in [5.41, 5.74) is 3.75. The van der Waals surface area contributed by atoms with E-state index < -0.39 is 9.93 Å². The molecule has 3 unspecified atom stereocenters. The SMILES string of the molecule is CCOc1ccc(C23Oc4ccccc4C(c4ccc(C)cc4)C2C3(Cl)Cl)cc1. The summed E-state index contributed by atoms with van der Waals surface area (Å²) in [5.74, 6) is 1.63. The zero-order chi connectivity index (χ0) is 20.2. The first-order chi connectivity index (χ1) is 14.0. The van der Waals surface area contributed by atoms with Gasteiger partial charge in [-0.25, -0.2) is 0 Å². The fourth-order valence-corrected chi connectivity index (χ4v) is 5.69. The molecule has 3 aromatic rings. The zero-order valence-electron chi connectivity index (χ0n) is 16.4. The molecule has 5 rings (SSSR count). The fraction of sp³-hybridized carbons (Fsp3) is 0.280. The van der Waals surface area contributed by atoms with Crippen molar-refractivity contribution in [1.82, 2.24) is 0 Å². The second-order valence-corrected chi connectivity index (χ2v) is 9.21. The third kappa shape index (κ3) is 2.69. The number of alkyl halides is 2. The highest BCUT2D eigenvalue weighted by Gasteiger charge is 2.83. The minimum atomic E-state index is -1.03. The van der Waals surface area contributed by atoms with E-state index in [9.17, 15) is 0 Å². The average Bonchev–Trinajstić information content (AvgIpc) is 3.23. The van der Waals surface area contributed by atoms with E-state index >= 15 is 0 Å². The third-order valence-corrected chi connectivity index (χ3v) is 7.16. The summed E-state index contributed by atoms with van der Waals surface area (Å²) in [7, 11) is 0. The van der Waals surface area contributed by atoms with Crippen LogP contribution in [0.5, 0.6) is 11.5 Å². The summed E-state index contributed by atoms with van der Waals surface area (Å²) >= 11 is 14.0. The summed E-state index contributed by atoms with van der Waals surface area (Å²) in [5, 5.41) is 0. The first kappa shape index (κ1) is 18.8. The van der Waals surface area contributed by atoms with Crippen molar-refractivity contribution in [2.45, 2.75) is 29.7 Å². The number of para-hydroxylation sites is 1. The van der Waals surface area contributed by atoms with Crippen molar-refractivity contribution in [3.05, 3.63) is 95.1 Å². The van der Waals surface area contributed by atoms with E-state index in [0.29, 0.717) is 6.61 Å². The van der Waals surface area contributed by atoms with Crippen molar-refractivity contribution in [1.29, 1.82) is 0 Å². The summed E-state index contributed by atoms with van der Waals surface area (Å²) in [6.07, 6.45) is 0. The molecule has 1 aliphatic heterocycles. The standard InChI is InChI=1S/C25H22Cl2O2/c1-3-28-19-14-12-18(13-15-19)24-23(25(24,26)27)22(17-10-8-16(2)9-11-17)20-6-4-5-7-21(20)29-24/h4-15,22-23H,3H2,1-2H3. The average molecular weight is 425 g/mol. The summed E-state index contributed by atoms with van der Waals surface area (Å²) in [6.45, 7) is 4.69. The quantitative estimate of drug-likeness (QED) is 0.438.